The van der Waals surface area contributed by atoms with Gasteiger partial charge in [0.05, 0.1) is 12.8 Å². The lowest BCUT2D eigenvalue weighted by Crippen LogP contribution is -2.52. The van der Waals surface area contributed by atoms with Crippen LogP contribution < -0.4 is 20.1 Å². The molecule has 0 aliphatic carbocycles. The molecule has 14 heteroatoms. The molecule has 1 aromatic heterocycles. The van der Waals surface area contributed by atoms with E-state index in [9.17, 15) is 31.1 Å². The summed E-state index contributed by atoms with van der Waals surface area (Å²) < 4.78 is 92.9. The predicted octanol–water partition coefficient (Wildman–Crippen LogP) is 6.30. The Labute approximate surface area is 205 Å². The molecule has 2 aromatic carbocycles. The van der Waals surface area contributed by atoms with Crippen LogP contribution in [0.25, 0.3) is 0 Å². The zero-order valence-corrected chi connectivity index (χ0v) is 18.9. The largest absolute Gasteiger partial charge is 0.573 e. The van der Waals surface area contributed by atoms with Crippen molar-refractivity contribution in [2.24, 2.45) is 0 Å². The van der Waals surface area contributed by atoms with Gasteiger partial charge in [-0.25, -0.2) is 9.78 Å². The molecule has 0 radical (unpaired) electrons. The minimum atomic E-state index is -4.86. The van der Waals surface area contributed by atoms with Crippen molar-refractivity contribution in [3.8, 4) is 17.4 Å². The summed E-state index contributed by atoms with van der Waals surface area (Å²) in [6.07, 6.45) is -8.66. The summed E-state index contributed by atoms with van der Waals surface area (Å²) in [5, 5.41) is 4.80. The lowest BCUT2D eigenvalue weighted by Gasteiger charge is -2.43. The van der Waals surface area contributed by atoms with Crippen LogP contribution in [0.3, 0.4) is 0 Å². The van der Waals surface area contributed by atoms with E-state index in [1.165, 1.54) is 49.5 Å². The number of hydrogen-bond donors (Lipinski definition) is 2. The van der Waals surface area contributed by atoms with Crippen LogP contribution in [0, 0.1) is 6.92 Å². The maximum atomic E-state index is 13.9. The van der Waals surface area contributed by atoms with Crippen molar-refractivity contribution in [1.82, 2.24) is 9.97 Å². The zero-order valence-electron chi connectivity index (χ0n) is 18.9. The number of para-hydroxylation sites is 1. The van der Waals surface area contributed by atoms with Crippen molar-refractivity contribution in [3.63, 3.8) is 0 Å². The van der Waals surface area contributed by atoms with Crippen LogP contribution in [-0.2, 0) is 10.3 Å². The van der Waals surface area contributed by atoms with Crippen molar-refractivity contribution in [1.29, 1.82) is 0 Å². The highest BCUT2D eigenvalue weighted by Crippen LogP contribution is 2.53. The minimum absolute atomic E-state index is 0.0727. The van der Waals surface area contributed by atoms with Gasteiger partial charge in [0.15, 0.2) is 5.60 Å². The molecule has 4 rings (SSSR count). The van der Waals surface area contributed by atoms with E-state index in [1.807, 2.05) is 0 Å². The van der Waals surface area contributed by atoms with Crippen LogP contribution in [0.15, 0.2) is 54.7 Å². The molecule has 37 heavy (non-hydrogen) atoms. The number of halogens is 6. The zero-order chi connectivity index (χ0) is 26.8. The second-order valence-corrected chi connectivity index (χ2v) is 7.81. The maximum Gasteiger partial charge on any atom is 0.573 e. The normalized spacial score (nSPS) is 17.5. The Bertz CT molecular complexity index is 1280. The van der Waals surface area contributed by atoms with Crippen molar-refractivity contribution >= 4 is 17.4 Å². The highest BCUT2D eigenvalue weighted by molar-refractivity contribution is 6.00. The molecule has 1 aliphatic rings. The maximum absolute atomic E-state index is 13.9. The second kappa shape index (κ2) is 9.76. The molecule has 8 nitrogen and oxygen atoms in total. The first-order chi connectivity index (χ1) is 17.4. The Hall–Kier alpha value is -4.07. The average Bonchev–Trinajstić information content (AvgIpc) is 2.75. The summed E-state index contributed by atoms with van der Waals surface area (Å²) in [7, 11) is 0. The number of aromatic nitrogens is 2. The van der Waals surface area contributed by atoms with Gasteiger partial charge in [-0.2, -0.15) is 18.2 Å². The van der Waals surface area contributed by atoms with Crippen molar-refractivity contribution in [2.75, 3.05) is 17.2 Å². The Balaban J connectivity index is 1.53. The van der Waals surface area contributed by atoms with E-state index >= 15 is 0 Å². The molecular weight excluding hydrogens is 510 g/mol. The third kappa shape index (κ3) is 5.85. The molecule has 2 amide bonds. The van der Waals surface area contributed by atoms with Gasteiger partial charge in [-0.1, -0.05) is 18.2 Å². The van der Waals surface area contributed by atoms with E-state index < -0.39 is 29.9 Å². The molecule has 0 spiro atoms. The van der Waals surface area contributed by atoms with E-state index in [0.29, 0.717) is 0 Å². The molecule has 3 aromatic rings. The van der Waals surface area contributed by atoms with Crippen molar-refractivity contribution < 1.29 is 45.3 Å². The molecule has 196 valence electrons. The van der Waals surface area contributed by atoms with Gasteiger partial charge in [0.25, 0.3) is 0 Å². The minimum Gasteiger partial charge on any atom is -0.437 e. The van der Waals surface area contributed by atoms with Gasteiger partial charge < -0.3 is 24.8 Å². The van der Waals surface area contributed by atoms with Crippen LogP contribution in [0.2, 0.25) is 0 Å². The highest BCUT2D eigenvalue weighted by atomic mass is 19.4. The first-order valence-corrected chi connectivity index (χ1v) is 10.6. The summed E-state index contributed by atoms with van der Waals surface area (Å²) in [6.45, 7) is 1.44. The van der Waals surface area contributed by atoms with Gasteiger partial charge >= 0.3 is 18.6 Å². The van der Waals surface area contributed by atoms with Gasteiger partial charge in [0.2, 0.25) is 5.88 Å². The number of rotatable bonds is 6. The second-order valence-electron chi connectivity index (χ2n) is 7.81. The lowest BCUT2D eigenvalue weighted by molar-refractivity contribution is -0.333. The molecule has 1 atom stereocenters. The van der Waals surface area contributed by atoms with E-state index in [1.54, 1.807) is 0 Å². The Morgan fingerprint density at radius 2 is 1.70 bits per heavy atom. The number of hydrogen-bond acceptors (Lipinski definition) is 6. The average molecular weight is 528 g/mol. The highest BCUT2D eigenvalue weighted by Gasteiger charge is 2.62. The number of ether oxygens (including phenoxy) is 3. The molecule has 1 aliphatic heterocycles. The van der Waals surface area contributed by atoms with Crippen LogP contribution in [0.1, 0.15) is 17.8 Å². The SMILES string of the molecule is Cc1ncc(NC(=O)Nc2ccc(OC(F)(F)F)cc2)c(Oc2ccccc2C2(C(F)(F)F)CCO2)n1. The third-order valence-electron chi connectivity index (χ3n) is 5.26. The van der Waals surface area contributed by atoms with Gasteiger partial charge in [0, 0.05) is 17.7 Å². The predicted molar refractivity (Wildman–Crippen MR) is 117 cm³/mol. The van der Waals surface area contributed by atoms with Crippen molar-refractivity contribution in [2.45, 2.75) is 31.5 Å². The van der Waals surface area contributed by atoms with Crippen LogP contribution in [0.5, 0.6) is 17.4 Å². The topological polar surface area (TPSA) is 94.6 Å². The summed E-state index contributed by atoms with van der Waals surface area (Å²) in [6, 6.07) is 8.96. The van der Waals surface area contributed by atoms with Crippen LogP contribution in [-0.4, -0.2) is 35.1 Å². The van der Waals surface area contributed by atoms with E-state index in [2.05, 4.69) is 25.3 Å². The van der Waals surface area contributed by atoms with Gasteiger partial charge in [-0.05, 0) is 37.3 Å². The Morgan fingerprint density at radius 1 is 1.03 bits per heavy atom. The number of amides is 2. The standard InChI is InChI=1S/C23H18F6N4O4/c1-13-30-12-17(33-20(34)32-14-6-8-15(9-7-14)37-23(27,28)29)19(31-13)36-18-5-3-2-4-16(18)21(10-11-35-21)22(24,25)26/h2-9,12H,10-11H2,1H3,(H2,32,33,34). The van der Waals surface area contributed by atoms with Gasteiger partial charge in [0.1, 0.15) is 23.0 Å². The lowest BCUT2D eigenvalue weighted by atomic mass is 9.85. The van der Waals surface area contributed by atoms with Crippen LogP contribution in [0.4, 0.5) is 42.5 Å². The van der Waals surface area contributed by atoms with Gasteiger partial charge in [-0.15, -0.1) is 13.2 Å². The molecule has 2 heterocycles. The fourth-order valence-electron chi connectivity index (χ4n) is 3.53. The number of anilines is 2. The van der Waals surface area contributed by atoms with Crippen molar-refractivity contribution in [3.05, 3.63) is 66.1 Å². The molecular formula is C23H18F6N4O4. The van der Waals surface area contributed by atoms with Crippen LogP contribution >= 0.6 is 0 Å². The van der Waals surface area contributed by atoms with E-state index in [4.69, 9.17) is 9.47 Å². The molecule has 2 N–H and O–H groups in total. The monoisotopic (exact) mass is 528 g/mol. The van der Waals surface area contributed by atoms with E-state index in [0.717, 1.165) is 12.1 Å². The fraction of sp³-hybridized carbons (Fsp3) is 0.261. The third-order valence-corrected chi connectivity index (χ3v) is 5.26. The number of alkyl halides is 6. The quantitative estimate of drug-likeness (QED) is 0.365. The molecule has 1 saturated heterocycles. The van der Waals surface area contributed by atoms with E-state index in [-0.39, 0.29) is 47.4 Å². The molecule has 1 unspecified atom stereocenters. The summed E-state index contributed by atoms with van der Waals surface area (Å²) >= 11 is 0. The fourth-order valence-corrected chi connectivity index (χ4v) is 3.53. The number of carbonyl (C=O) groups is 1. The number of nitrogens with zero attached hydrogens (tertiary/aromatic N) is 2. The smallest absolute Gasteiger partial charge is 0.437 e. The number of carbonyl (C=O) groups excluding carboxylic acids is 1. The first-order valence-electron chi connectivity index (χ1n) is 10.6. The summed E-state index contributed by atoms with van der Waals surface area (Å²) in [5.41, 5.74) is -2.73. The first kappa shape index (κ1) is 26.0. The Kier molecular flexibility index (Phi) is 6.86. The Morgan fingerprint density at radius 3 is 2.30 bits per heavy atom. The molecule has 0 saturated carbocycles. The number of urea groups is 1. The molecule has 1 fully saturated rings. The van der Waals surface area contributed by atoms with Gasteiger partial charge in [-0.3, -0.25) is 0 Å². The molecule has 0 bridgehead atoms. The summed E-state index contributed by atoms with van der Waals surface area (Å²) in [5.74, 6) is -0.682. The summed E-state index contributed by atoms with van der Waals surface area (Å²) in [4.78, 5) is 20.5. The number of nitrogens with one attached hydrogen (secondary N) is 2. The number of benzene rings is 2. The number of aryl methyl sites for hydroxylation is 1.